The summed E-state index contributed by atoms with van der Waals surface area (Å²) in [6.45, 7) is 1.40. The second kappa shape index (κ2) is 6.43. The molecule has 1 aliphatic rings. The minimum absolute atomic E-state index is 0.0946. The van der Waals surface area contributed by atoms with Crippen molar-refractivity contribution in [3.63, 3.8) is 0 Å². The molecule has 0 aliphatic carbocycles. The van der Waals surface area contributed by atoms with Crippen molar-refractivity contribution in [3.05, 3.63) is 34.9 Å². The molecule has 0 bridgehead atoms. The fourth-order valence-corrected chi connectivity index (χ4v) is 2.45. The van der Waals surface area contributed by atoms with Crippen molar-refractivity contribution in [2.24, 2.45) is 0 Å². The van der Waals surface area contributed by atoms with E-state index in [2.05, 4.69) is 0 Å². The van der Waals surface area contributed by atoms with Gasteiger partial charge in [0.05, 0.1) is 25.4 Å². The van der Waals surface area contributed by atoms with Crippen LogP contribution >= 0.6 is 0 Å². The zero-order chi connectivity index (χ0) is 17.3. The average molecular weight is 340 g/mol. The van der Waals surface area contributed by atoms with Crippen molar-refractivity contribution in [1.82, 2.24) is 0 Å². The van der Waals surface area contributed by atoms with Crippen LogP contribution in [-0.4, -0.2) is 19.8 Å². The summed E-state index contributed by atoms with van der Waals surface area (Å²) < 4.78 is 89.8. The van der Waals surface area contributed by atoms with Crippen LogP contribution in [0.4, 0.5) is 26.3 Å². The fourth-order valence-electron chi connectivity index (χ4n) is 2.45. The number of hydrogen-bond donors (Lipinski definition) is 0. The molecule has 1 aromatic rings. The molecular formula is C15H14F6O2. The Morgan fingerprint density at radius 1 is 1.04 bits per heavy atom. The molecule has 0 radical (unpaired) electrons. The zero-order valence-electron chi connectivity index (χ0n) is 12.1. The van der Waals surface area contributed by atoms with Crippen molar-refractivity contribution in [2.45, 2.75) is 25.7 Å². The molecule has 0 unspecified atom stereocenters. The van der Waals surface area contributed by atoms with Gasteiger partial charge in [0.1, 0.15) is 11.3 Å². The van der Waals surface area contributed by atoms with Gasteiger partial charge in [-0.15, -0.1) is 0 Å². The molecule has 2 rings (SSSR count). The molecule has 1 aromatic carbocycles. The molecule has 128 valence electrons. The highest BCUT2D eigenvalue weighted by Gasteiger charge is 2.47. The minimum atomic E-state index is -5.19. The van der Waals surface area contributed by atoms with Gasteiger partial charge in [0, 0.05) is 0 Å². The van der Waals surface area contributed by atoms with Crippen LogP contribution < -0.4 is 4.74 Å². The van der Waals surface area contributed by atoms with E-state index < -0.39 is 34.8 Å². The summed E-state index contributed by atoms with van der Waals surface area (Å²) in [4.78, 5) is 0. The van der Waals surface area contributed by atoms with Gasteiger partial charge >= 0.3 is 12.4 Å². The molecule has 0 N–H and O–H groups in total. The largest absolute Gasteiger partial charge is 0.493 e. The number of alkyl halides is 6. The first-order valence-corrected chi connectivity index (χ1v) is 6.87. The maximum Gasteiger partial charge on any atom is 0.420 e. The summed E-state index contributed by atoms with van der Waals surface area (Å²) in [5.74, 6) is -0.826. The SMILES string of the molecule is CCOc1ccc(C2=CCCOC2)c(C(F)(F)F)c1C(F)(F)F. The molecule has 1 heterocycles. The Balaban J connectivity index is 2.76. The van der Waals surface area contributed by atoms with Crippen molar-refractivity contribution in [1.29, 1.82) is 0 Å². The van der Waals surface area contributed by atoms with Crippen molar-refractivity contribution < 1.29 is 35.8 Å². The van der Waals surface area contributed by atoms with Crippen LogP contribution in [0.1, 0.15) is 30.0 Å². The molecule has 0 saturated heterocycles. The molecule has 0 spiro atoms. The molecule has 23 heavy (non-hydrogen) atoms. The number of benzene rings is 1. The van der Waals surface area contributed by atoms with Gasteiger partial charge in [-0.1, -0.05) is 12.1 Å². The van der Waals surface area contributed by atoms with E-state index in [9.17, 15) is 26.3 Å². The van der Waals surface area contributed by atoms with Crippen molar-refractivity contribution in [2.75, 3.05) is 19.8 Å². The Hall–Kier alpha value is -1.70. The highest BCUT2D eigenvalue weighted by molar-refractivity contribution is 5.72. The molecule has 0 atom stereocenters. The van der Waals surface area contributed by atoms with Crippen LogP contribution in [0.25, 0.3) is 5.57 Å². The van der Waals surface area contributed by atoms with Crippen LogP contribution in [0.2, 0.25) is 0 Å². The lowest BCUT2D eigenvalue weighted by atomic mass is 9.92. The quantitative estimate of drug-likeness (QED) is 0.727. The summed E-state index contributed by atoms with van der Waals surface area (Å²) in [6, 6.07) is 1.93. The van der Waals surface area contributed by atoms with E-state index >= 15 is 0 Å². The van der Waals surface area contributed by atoms with Crippen LogP contribution in [0.5, 0.6) is 5.75 Å². The lowest BCUT2D eigenvalue weighted by Crippen LogP contribution is -2.21. The van der Waals surface area contributed by atoms with Crippen LogP contribution in [0.15, 0.2) is 18.2 Å². The maximum atomic E-state index is 13.4. The van der Waals surface area contributed by atoms with E-state index in [1.807, 2.05) is 0 Å². The number of ether oxygens (including phenoxy) is 2. The predicted octanol–water partition coefficient (Wildman–Crippen LogP) is 4.93. The fraction of sp³-hybridized carbons (Fsp3) is 0.467. The maximum absolute atomic E-state index is 13.4. The Labute approximate surface area is 128 Å². The van der Waals surface area contributed by atoms with Crippen molar-refractivity contribution in [3.8, 4) is 5.75 Å². The number of hydrogen-bond acceptors (Lipinski definition) is 2. The van der Waals surface area contributed by atoms with Gasteiger partial charge in [-0.3, -0.25) is 0 Å². The number of halogens is 6. The standard InChI is InChI=1S/C15H14F6O2/c1-2-23-11-6-5-10(9-4-3-7-22-8-9)12(14(16,17)18)13(11)15(19,20)21/h4-6H,2-3,7-8H2,1H3. The van der Waals surface area contributed by atoms with Crippen LogP contribution in [0.3, 0.4) is 0 Å². The van der Waals surface area contributed by atoms with Gasteiger partial charge in [-0.25, -0.2) is 0 Å². The second-order valence-corrected chi connectivity index (χ2v) is 4.86. The second-order valence-electron chi connectivity index (χ2n) is 4.86. The normalized spacial score (nSPS) is 16.2. The van der Waals surface area contributed by atoms with Crippen LogP contribution in [-0.2, 0) is 17.1 Å². The summed E-state index contributed by atoms with van der Waals surface area (Å²) in [7, 11) is 0. The highest BCUT2D eigenvalue weighted by Crippen LogP contribution is 2.48. The molecule has 0 amide bonds. The van der Waals surface area contributed by atoms with E-state index in [4.69, 9.17) is 9.47 Å². The van der Waals surface area contributed by atoms with Gasteiger partial charge < -0.3 is 9.47 Å². The molecule has 2 nitrogen and oxygen atoms in total. The third-order valence-corrected chi connectivity index (χ3v) is 3.29. The summed E-state index contributed by atoms with van der Waals surface area (Å²) in [5.41, 5.74) is -3.95. The zero-order valence-corrected chi connectivity index (χ0v) is 12.1. The van der Waals surface area contributed by atoms with Gasteiger partial charge in [0.25, 0.3) is 0 Å². The molecule has 0 aromatic heterocycles. The first-order chi connectivity index (χ1) is 10.7. The van der Waals surface area contributed by atoms with Crippen LogP contribution in [0, 0.1) is 0 Å². The lowest BCUT2D eigenvalue weighted by Gasteiger charge is -2.24. The first kappa shape index (κ1) is 17.7. The first-order valence-electron chi connectivity index (χ1n) is 6.87. The van der Waals surface area contributed by atoms with E-state index in [1.165, 1.54) is 13.0 Å². The Morgan fingerprint density at radius 2 is 1.70 bits per heavy atom. The third-order valence-electron chi connectivity index (χ3n) is 3.29. The van der Waals surface area contributed by atoms with Gasteiger partial charge in [-0.2, -0.15) is 26.3 Å². The van der Waals surface area contributed by atoms with Gasteiger partial charge in [0.15, 0.2) is 0 Å². The van der Waals surface area contributed by atoms with E-state index in [0.717, 1.165) is 12.1 Å². The molecule has 1 aliphatic heterocycles. The average Bonchev–Trinajstić information content (AvgIpc) is 2.46. The lowest BCUT2D eigenvalue weighted by molar-refractivity contribution is -0.163. The van der Waals surface area contributed by atoms with E-state index in [1.54, 1.807) is 0 Å². The Bertz CT molecular complexity index is 601. The Morgan fingerprint density at radius 3 is 2.17 bits per heavy atom. The summed E-state index contributed by atoms with van der Waals surface area (Å²) in [6.07, 6.45) is -8.55. The third kappa shape index (κ3) is 3.80. The molecule has 0 saturated carbocycles. The molecular weight excluding hydrogens is 326 g/mol. The van der Waals surface area contributed by atoms with Gasteiger partial charge in [-0.05, 0) is 30.5 Å². The van der Waals surface area contributed by atoms with Gasteiger partial charge in [0.2, 0.25) is 0 Å². The topological polar surface area (TPSA) is 18.5 Å². The highest BCUT2D eigenvalue weighted by atomic mass is 19.4. The van der Waals surface area contributed by atoms with E-state index in [0.29, 0.717) is 13.0 Å². The molecule has 0 fully saturated rings. The van der Waals surface area contributed by atoms with Crippen molar-refractivity contribution >= 4 is 5.57 Å². The smallest absolute Gasteiger partial charge is 0.420 e. The predicted molar refractivity (Wildman–Crippen MR) is 71.0 cm³/mol. The van der Waals surface area contributed by atoms with E-state index in [-0.39, 0.29) is 18.8 Å². The summed E-state index contributed by atoms with van der Waals surface area (Å²) >= 11 is 0. The minimum Gasteiger partial charge on any atom is -0.493 e. The molecule has 8 heteroatoms. The summed E-state index contributed by atoms with van der Waals surface area (Å²) in [5, 5.41) is 0. The monoisotopic (exact) mass is 340 g/mol. The Kier molecular flexibility index (Phi) is 4.93. The number of rotatable bonds is 3.